The number of nitrogens with two attached hydrogens (primary N) is 1. The number of rotatable bonds is 7. The van der Waals surface area contributed by atoms with E-state index in [1.54, 1.807) is 6.07 Å². The predicted molar refractivity (Wildman–Crippen MR) is 106 cm³/mol. The number of alkyl halides is 3. The number of halogens is 3. The number of ether oxygens (including phenoxy) is 1. The monoisotopic (exact) mass is 412 g/mol. The molecule has 2 N–H and O–H groups in total. The summed E-state index contributed by atoms with van der Waals surface area (Å²) in [5, 5.41) is 9.20. The van der Waals surface area contributed by atoms with E-state index in [2.05, 4.69) is 9.97 Å². The summed E-state index contributed by atoms with van der Waals surface area (Å²) in [6.45, 7) is 0.968. The van der Waals surface area contributed by atoms with Crippen LogP contribution in [0.3, 0.4) is 0 Å². The normalized spacial score (nSPS) is 11.3. The van der Waals surface area contributed by atoms with E-state index in [0.29, 0.717) is 31.7 Å². The van der Waals surface area contributed by atoms with E-state index < -0.39 is 11.7 Å². The summed E-state index contributed by atoms with van der Waals surface area (Å²) in [4.78, 5) is 8.19. The first kappa shape index (κ1) is 21.3. The number of nitriles is 1. The fraction of sp³-hybridized carbons (Fsp3) is 0.227. The molecule has 0 aliphatic rings. The maximum Gasteiger partial charge on any atom is 0.416 e. The number of aromatic nitrogens is 2. The van der Waals surface area contributed by atoms with Crippen molar-refractivity contribution in [2.24, 2.45) is 0 Å². The molecule has 0 bridgehead atoms. The van der Waals surface area contributed by atoms with Gasteiger partial charge in [0.1, 0.15) is 6.07 Å². The van der Waals surface area contributed by atoms with Crippen molar-refractivity contribution in [3.63, 3.8) is 0 Å². The zero-order valence-electron chi connectivity index (χ0n) is 16.0. The third-order valence-corrected chi connectivity index (χ3v) is 4.29. The molecule has 0 spiro atoms. The Balaban J connectivity index is 1.71. The maximum atomic E-state index is 13.1. The molecular formula is C22H19F3N4O. The Morgan fingerprint density at radius 2 is 1.80 bits per heavy atom. The van der Waals surface area contributed by atoms with E-state index in [1.807, 2.05) is 36.4 Å². The average molecular weight is 412 g/mol. The minimum Gasteiger partial charge on any atom is -0.399 e. The molecule has 3 aromatic rings. The Morgan fingerprint density at radius 1 is 1.03 bits per heavy atom. The fourth-order valence-corrected chi connectivity index (χ4v) is 2.91. The van der Waals surface area contributed by atoms with Gasteiger partial charge in [0, 0.05) is 23.6 Å². The van der Waals surface area contributed by atoms with Crippen molar-refractivity contribution in [2.75, 3.05) is 12.3 Å². The summed E-state index contributed by atoms with van der Waals surface area (Å²) in [7, 11) is 0. The lowest BCUT2D eigenvalue weighted by Crippen LogP contribution is -2.07. The van der Waals surface area contributed by atoms with Crippen LogP contribution < -0.4 is 5.73 Å². The second-order valence-corrected chi connectivity index (χ2v) is 6.66. The second-order valence-electron chi connectivity index (χ2n) is 6.66. The van der Waals surface area contributed by atoms with Crippen LogP contribution >= 0.6 is 0 Å². The molecule has 30 heavy (non-hydrogen) atoms. The number of hydrogen-bond donors (Lipinski definition) is 1. The molecule has 1 aromatic heterocycles. The van der Waals surface area contributed by atoms with Crippen LogP contribution in [0.15, 0.2) is 54.6 Å². The topological polar surface area (TPSA) is 84.8 Å². The van der Waals surface area contributed by atoms with E-state index in [0.717, 1.165) is 17.7 Å². The van der Waals surface area contributed by atoms with Gasteiger partial charge >= 0.3 is 6.18 Å². The van der Waals surface area contributed by atoms with Crippen LogP contribution in [0.25, 0.3) is 11.3 Å². The molecule has 8 heteroatoms. The number of nitrogen functional groups attached to an aromatic ring is 1. The third kappa shape index (κ3) is 5.78. The van der Waals surface area contributed by atoms with Crippen molar-refractivity contribution >= 4 is 5.69 Å². The average Bonchev–Trinajstić information content (AvgIpc) is 2.73. The number of hydrogen-bond acceptors (Lipinski definition) is 5. The van der Waals surface area contributed by atoms with Gasteiger partial charge in [0.05, 0.1) is 17.9 Å². The Kier molecular flexibility index (Phi) is 6.65. The van der Waals surface area contributed by atoms with Crippen molar-refractivity contribution < 1.29 is 17.9 Å². The van der Waals surface area contributed by atoms with E-state index in [4.69, 9.17) is 10.5 Å². The van der Waals surface area contributed by atoms with Gasteiger partial charge < -0.3 is 10.5 Å². The highest BCUT2D eigenvalue weighted by Gasteiger charge is 2.31. The molecule has 0 aliphatic heterocycles. The van der Waals surface area contributed by atoms with Crippen molar-refractivity contribution in [2.45, 2.75) is 25.6 Å². The molecule has 1 heterocycles. The zero-order chi connectivity index (χ0) is 21.6. The summed E-state index contributed by atoms with van der Waals surface area (Å²) in [6.07, 6.45) is -3.40. The van der Waals surface area contributed by atoms with Crippen LogP contribution in [-0.2, 0) is 23.9 Å². The highest BCUT2D eigenvalue weighted by molar-refractivity contribution is 5.66. The van der Waals surface area contributed by atoms with E-state index >= 15 is 0 Å². The van der Waals surface area contributed by atoms with E-state index in [1.165, 1.54) is 6.07 Å². The molecule has 3 rings (SSSR count). The quantitative estimate of drug-likeness (QED) is 0.447. The van der Waals surface area contributed by atoms with Crippen LogP contribution in [-0.4, -0.2) is 16.6 Å². The Morgan fingerprint density at radius 3 is 2.50 bits per heavy atom. The number of benzene rings is 2. The first-order chi connectivity index (χ1) is 14.3. The van der Waals surface area contributed by atoms with Gasteiger partial charge in [0.25, 0.3) is 0 Å². The Hall–Kier alpha value is -3.44. The third-order valence-electron chi connectivity index (χ3n) is 4.29. The number of aryl methyl sites for hydroxylation is 1. The summed E-state index contributed by atoms with van der Waals surface area (Å²) in [5.74, 6) is -0.108. The van der Waals surface area contributed by atoms with Crippen LogP contribution in [0.4, 0.5) is 18.9 Å². The van der Waals surface area contributed by atoms with Crippen molar-refractivity contribution in [1.82, 2.24) is 9.97 Å². The molecule has 5 nitrogen and oxygen atoms in total. The summed E-state index contributed by atoms with van der Waals surface area (Å²) in [6, 6.07) is 16.4. The lowest BCUT2D eigenvalue weighted by atomic mass is 10.0. The van der Waals surface area contributed by atoms with Crippen molar-refractivity contribution in [3.05, 3.63) is 77.2 Å². The summed E-state index contributed by atoms with van der Waals surface area (Å²) < 4.78 is 44.9. The van der Waals surface area contributed by atoms with Crippen LogP contribution in [0.5, 0.6) is 0 Å². The molecule has 0 fully saturated rings. The lowest BCUT2D eigenvalue weighted by Gasteiger charge is -2.11. The molecule has 154 valence electrons. The van der Waals surface area contributed by atoms with Gasteiger partial charge in [-0.3, -0.25) is 0 Å². The standard InChI is InChI=1S/C22H19F3N4O/c23-22(24,25)17-9-16(10-18(27)11-17)20-12-19(28-21(13-26)29-20)7-4-8-30-14-15-5-2-1-3-6-15/h1-3,5-6,9-12H,4,7-8,14,27H2. The van der Waals surface area contributed by atoms with Gasteiger partial charge in [-0.15, -0.1) is 0 Å². The van der Waals surface area contributed by atoms with Crippen LogP contribution in [0.2, 0.25) is 0 Å². The van der Waals surface area contributed by atoms with Gasteiger partial charge in [0.15, 0.2) is 0 Å². The first-order valence-electron chi connectivity index (χ1n) is 9.23. The fourth-order valence-electron chi connectivity index (χ4n) is 2.91. The summed E-state index contributed by atoms with van der Waals surface area (Å²) in [5.41, 5.74) is 6.76. The molecule has 0 aliphatic carbocycles. The molecule has 0 radical (unpaired) electrons. The first-order valence-corrected chi connectivity index (χ1v) is 9.23. The smallest absolute Gasteiger partial charge is 0.399 e. The van der Waals surface area contributed by atoms with E-state index in [9.17, 15) is 18.4 Å². The number of nitrogens with zero attached hydrogens (tertiary/aromatic N) is 3. The molecule has 0 saturated carbocycles. The maximum absolute atomic E-state index is 13.1. The van der Waals surface area contributed by atoms with Gasteiger partial charge in [-0.2, -0.15) is 18.4 Å². The van der Waals surface area contributed by atoms with Crippen LogP contribution in [0.1, 0.15) is 29.1 Å². The number of anilines is 1. The van der Waals surface area contributed by atoms with E-state index in [-0.39, 0.29) is 22.8 Å². The minimum atomic E-state index is -4.53. The Bertz CT molecular complexity index is 1050. The van der Waals surface area contributed by atoms with Crippen molar-refractivity contribution in [3.8, 4) is 17.3 Å². The van der Waals surface area contributed by atoms with Gasteiger partial charge in [0.2, 0.25) is 5.82 Å². The molecule has 0 unspecified atom stereocenters. The summed E-state index contributed by atoms with van der Waals surface area (Å²) >= 11 is 0. The highest BCUT2D eigenvalue weighted by atomic mass is 19.4. The lowest BCUT2D eigenvalue weighted by molar-refractivity contribution is -0.137. The Labute approximate surface area is 172 Å². The largest absolute Gasteiger partial charge is 0.416 e. The van der Waals surface area contributed by atoms with Gasteiger partial charge in [-0.25, -0.2) is 9.97 Å². The predicted octanol–water partition coefficient (Wildman–Crippen LogP) is 4.77. The van der Waals surface area contributed by atoms with Crippen molar-refractivity contribution in [1.29, 1.82) is 5.26 Å². The molecule has 2 aromatic carbocycles. The SMILES string of the molecule is N#Cc1nc(CCCOCc2ccccc2)cc(-c2cc(N)cc(C(F)(F)F)c2)n1. The molecule has 0 atom stereocenters. The minimum absolute atomic E-state index is 0.0344. The zero-order valence-corrected chi connectivity index (χ0v) is 16.0. The molecule has 0 amide bonds. The molecule has 0 saturated heterocycles. The molecular weight excluding hydrogens is 393 g/mol. The van der Waals surface area contributed by atoms with Crippen LogP contribution in [0, 0.1) is 11.3 Å². The van der Waals surface area contributed by atoms with Gasteiger partial charge in [-0.05, 0) is 42.7 Å². The highest BCUT2D eigenvalue weighted by Crippen LogP contribution is 2.34. The second kappa shape index (κ2) is 9.37. The van der Waals surface area contributed by atoms with Gasteiger partial charge in [-0.1, -0.05) is 30.3 Å².